The number of rotatable bonds is 4. The highest BCUT2D eigenvalue weighted by Crippen LogP contribution is 2.47. The molecular weight excluding hydrogens is 572 g/mol. The molecule has 0 saturated heterocycles. The van der Waals surface area contributed by atoms with Crippen LogP contribution in [0.25, 0.3) is 0 Å². The van der Waals surface area contributed by atoms with Crippen LogP contribution >= 0.6 is 0 Å². The molecule has 0 amide bonds. The summed E-state index contributed by atoms with van der Waals surface area (Å²) in [5.74, 6) is 11.4. The van der Waals surface area contributed by atoms with Gasteiger partial charge in [-0.3, -0.25) is 9.59 Å². The van der Waals surface area contributed by atoms with Crippen LogP contribution in [0.3, 0.4) is 0 Å². The quantitative estimate of drug-likeness (QED) is 0.187. The summed E-state index contributed by atoms with van der Waals surface area (Å²) in [6.07, 6.45) is -0.799. The van der Waals surface area contributed by atoms with Gasteiger partial charge < -0.3 is 29.2 Å². The number of carbonyl (C=O) groups excluding carboxylic acids is 2. The van der Waals surface area contributed by atoms with Gasteiger partial charge in [0, 0.05) is 35.1 Å². The number of fused-ring (bicyclic) bond motifs is 4. The average Bonchev–Trinajstić information content (AvgIpc) is 3.07. The monoisotopic (exact) mass is 600 g/mol. The van der Waals surface area contributed by atoms with Crippen molar-refractivity contribution in [3.05, 3.63) is 119 Å². The van der Waals surface area contributed by atoms with Crippen molar-refractivity contribution in [2.45, 2.75) is 24.0 Å². The zero-order chi connectivity index (χ0) is 31.7. The Bertz CT molecular complexity index is 1700. The maximum absolute atomic E-state index is 13.3. The van der Waals surface area contributed by atoms with E-state index in [4.69, 9.17) is 18.9 Å². The first-order valence-corrected chi connectivity index (χ1v) is 14.1. The average molecular weight is 601 g/mol. The molecule has 0 saturated carbocycles. The summed E-state index contributed by atoms with van der Waals surface area (Å²) >= 11 is 0. The molecular formula is C37H28O8. The van der Waals surface area contributed by atoms with Gasteiger partial charge in [0.2, 0.25) is 0 Å². The topological polar surface area (TPSA) is 112 Å². The molecule has 8 nitrogen and oxygen atoms in total. The van der Waals surface area contributed by atoms with E-state index in [2.05, 4.69) is 23.7 Å². The van der Waals surface area contributed by atoms with Gasteiger partial charge in [-0.1, -0.05) is 96.5 Å². The van der Waals surface area contributed by atoms with Crippen LogP contribution in [0.2, 0.25) is 0 Å². The van der Waals surface area contributed by atoms with E-state index in [0.29, 0.717) is 45.3 Å². The number of para-hydroxylation sites is 4. The summed E-state index contributed by atoms with van der Waals surface area (Å²) in [7, 11) is 2.30. The molecule has 6 rings (SSSR count). The zero-order valence-corrected chi connectivity index (χ0v) is 24.5. The van der Waals surface area contributed by atoms with Gasteiger partial charge in [0.25, 0.3) is 0 Å². The van der Waals surface area contributed by atoms with Crippen LogP contribution in [-0.4, -0.2) is 36.4 Å². The van der Waals surface area contributed by atoms with Crippen molar-refractivity contribution in [1.29, 1.82) is 0 Å². The number of benzene rings is 4. The minimum absolute atomic E-state index is 0.400. The van der Waals surface area contributed by atoms with Gasteiger partial charge in [0.1, 0.15) is 23.0 Å². The Labute approximate surface area is 260 Å². The SMILES string of the molecule is COC(=O)C(CC#CC1(O)c2ccccc2Oc2ccccc21)(CC#CC1(O)c2ccccc2Oc2ccccc21)C(=O)OC. The molecule has 0 bridgehead atoms. The minimum atomic E-state index is -2.00. The van der Waals surface area contributed by atoms with Crippen LogP contribution in [0.5, 0.6) is 23.0 Å². The number of hydrogen-bond donors (Lipinski definition) is 2. The van der Waals surface area contributed by atoms with Crippen molar-refractivity contribution in [3.63, 3.8) is 0 Å². The molecule has 2 aliphatic heterocycles. The third-order valence-electron chi connectivity index (χ3n) is 8.02. The Kier molecular flexibility index (Phi) is 7.56. The maximum Gasteiger partial charge on any atom is 0.325 e. The summed E-state index contributed by atoms with van der Waals surface area (Å²) in [4.78, 5) is 26.7. The molecule has 0 aromatic heterocycles. The molecule has 4 aromatic rings. The number of hydrogen-bond acceptors (Lipinski definition) is 8. The number of esters is 2. The molecule has 0 atom stereocenters. The Morgan fingerprint density at radius 2 is 0.889 bits per heavy atom. The lowest BCUT2D eigenvalue weighted by molar-refractivity contribution is -0.168. The number of aliphatic hydroxyl groups is 2. The largest absolute Gasteiger partial charge is 0.468 e. The first-order valence-electron chi connectivity index (χ1n) is 14.1. The first kappa shape index (κ1) is 29.5. The van der Waals surface area contributed by atoms with Gasteiger partial charge in [0.15, 0.2) is 16.6 Å². The lowest BCUT2D eigenvalue weighted by atomic mass is 9.79. The van der Waals surface area contributed by atoms with Crippen molar-refractivity contribution < 1.29 is 38.7 Å². The van der Waals surface area contributed by atoms with Gasteiger partial charge in [0.05, 0.1) is 14.2 Å². The van der Waals surface area contributed by atoms with Crippen LogP contribution in [-0.2, 0) is 30.3 Å². The predicted molar refractivity (Wildman–Crippen MR) is 163 cm³/mol. The molecule has 0 unspecified atom stereocenters. The highest BCUT2D eigenvalue weighted by molar-refractivity contribution is 6.00. The molecule has 0 fully saturated rings. The van der Waals surface area contributed by atoms with Crippen molar-refractivity contribution >= 4 is 11.9 Å². The summed E-state index contributed by atoms with van der Waals surface area (Å²) in [5.41, 5.74) is -3.95. The highest BCUT2D eigenvalue weighted by atomic mass is 16.5. The van der Waals surface area contributed by atoms with Crippen molar-refractivity contribution in [2.24, 2.45) is 5.41 Å². The van der Waals surface area contributed by atoms with Crippen molar-refractivity contribution in [1.82, 2.24) is 0 Å². The Morgan fingerprint density at radius 3 is 1.18 bits per heavy atom. The fourth-order valence-electron chi connectivity index (χ4n) is 5.69. The van der Waals surface area contributed by atoms with Crippen LogP contribution in [0.1, 0.15) is 35.1 Å². The van der Waals surface area contributed by atoms with E-state index in [1.165, 1.54) is 0 Å². The molecule has 0 aliphatic carbocycles. The van der Waals surface area contributed by atoms with E-state index in [0.717, 1.165) is 14.2 Å². The molecule has 8 heteroatoms. The normalized spacial score (nSPS) is 14.5. The molecule has 0 radical (unpaired) electrons. The maximum atomic E-state index is 13.3. The predicted octanol–water partition coefficient (Wildman–Crippen LogP) is 5.19. The molecule has 2 aliphatic rings. The van der Waals surface area contributed by atoms with E-state index in [1.54, 1.807) is 97.1 Å². The van der Waals surface area contributed by atoms with E-state index >= 15 is 0 Å². The van der Waals surface area contributed by atoms with Gasteiger partial charge in [-0.15, -0.1) is 0 Å². The van der Waals surface area contributed by atoms with E-state index in [-0.39, 0.29) is 0 Å². The van der Waals surface area contributed by atoms with Gasteiger partial charge in [-0.05, 0) is 24.3 Å². The van der Waals surface area contributed by atoms with Crippen LogP contribution in [0, 0.1) is 29.1 Å². The van der Waals surface area contributed by atoms with Crippen LogP contribution < -0.4 is 9.47 Å². The second-order valence-electron chi connectivity index (χ2n) is 10.6. The minimum Gasteiger partial charge on any atom is -0.468 e. The fraction of sp³-hybridized carbons (Fsp3) is 0.189. The summed E-state index contributed by atoms with van der Waals surface area (Å²) in [6.45, 7) is 0. The molecule has 2 N–H and O–H groups in total. The third kappa shape index (κ3) is 4.87. The van der Waals surface area contributed by atoms with Gasteiger partial charge in [-0.25, -0.2) is 0 Å². The molecule has 224 valence electrons. The van der Waals surface area contributed by atoms with E-state index < -0.39 is 41.4 Å². The highest BCUT2D eigenvalue weighted by Gasteiger charge is 2.48. The molecule has 4 aromatic carbocycles. The summed E-state index contributed by atoms with van der Waals surface area (Å²) < 4.78 is 22.1. The van der Waals surface area contributed by atoms with Crippen molar-refractivity contribution in [2.75, 3.05) is 14.2 Å². The van der Waals surface area contributed by atoms with Crippen LogP contribution in [0.15, 0.2) is 97.1 Å². The molecule has 0 spiro atoms. The van der Waals surface area contributed by atoms with Gasteiger partial charge in [-0.2, -0.15) is 0 Å². The second-order valence-corrected chi connectivity index (χ2v) is 10.6. The Morgan fingerprint density at radius 1 is 0.600 bits per heavy atom. The Hall–Kier alpha value is -5.54. The second kappa shape index (κ2) is 11.5. The third-order valence-corrected chi connectivity index (χ3v) is 8.02. The van der Waals surface area contributed by atoms with E-state index in [9.17, 15) is 19.8 Å². The lowest BCUT2D eigenvalue weighted by Crippen LogP contribution is -2.41. The number of methoxy groups -OCH3 is 2. The van der Waals surface area contributed by atoms with Gasteiger partial charge >= 0.3 is 11.9 Å². The summed E-state index contributed by atoms with van der Waals surface area (Å²) in [5, 5.41) is 23.9. The number of ether oxygens (including phenoxy) is 4. The van der Waals surface area contributed by atoms with E-state index in [1.807, 2.05) is 0 Å². The number of carbonyl (C=O) groups is 2. The Balaban J connectivity index is 1.41. The lowest BCUT2D eigenvalue weighted by Gasteiger charge is -2.32. The first-order chi connectivity index (χ1) is 21.8. The molecule has 2 heterocycles. The van der Waals surface area contributed by atoms with Crippen LogP contribution in [0.4, 0.5) is 0 Å². The van der Waals surface area contributed by atoms with Crippen molar-refractivity contribution in [3.8, 4) is 46.7 Å². The standard InChI is InChI=1S/C37H28O8/c1-42-33(38)35(34(39)43-2,21-11-23-36(40)25-13-3-7-17-29(25)44-30-18-8-4-14-26(30)36)22-12-24-37(41)27-15-5-9-19-31(27)45-32-20-10-6-16-28(32)37/h3-10,13-20,40-41H,21-22H2,1-2H3. The summed E-state index contributed by atoms with van der Waals surface area (Å²) in [6, 6.07) is 27.8. The fourth-order valence-corrected chi connectivity index (χ4v) is 5.69. The zero-order valence-electron chi connectivity index (χ0n) is 24.5. The molecule has 45 heavy (non-hydrogen) atoms. The smallest absolute Gasteiger partial charge is 0.325 e.